The van der Waals surface area contributed by atoms with Gasteiger partial charge in [-0.2, -0.15) is 0 Å². The Morgan fingerprint density at radius 2 is 1.20 bits per heavy atom. The Kier molecular flexibility index (Phi) is 3.56. The van der Waals surface area contributed by atoms with Crippen LogP contribution in [0.25, 0.3) is 30.8 Å². The second-order valence-electron chi connectivity index (χ2n) is 3.93. The lowest BCUT2D eigenvalue weighted by molar-refractivity contribution is 1.50. The van der Waals surface area contributed by atoms with E-state index in [0.29, 0.717) is 0 Å². The standard InChI is InChI=1S/C12H4Br2N2S4/c13-7-1-5(3-17-7)9-15-11-12(19-9)16-10(20-11)6-2-8(14)18-4-6/h1-4H. The van der Waals surface area contributed by atoms with E-state index in [9.17, 15) is 0 Å². The number of nitrogens with zero attached hydrogens (tertiary/aromatic N) is 2. The zero-order chi connectivity index (χ0) is 13.7. The Bertz CT molecular complexity index is 800. The molecule has 0 radical (unpaired) electrons. The lowest BCUT2D eigenvalue weighted by atomic mass is 10.4. The Hall–Kier alpha value is -0.120. The zero-order valence-electron chi connectivity index (χ0n) is 9.59. The van der Waals surface area contributed by atoms with Crippen LogP contribution in [0.5, 0.6) is 0 Å². The van der Waals surface area contributed by atoms with E-state index in [1.165, 1.54) is 0 Å². The van der Waals surface area contributed by atoms with Gasteiger partial charge >= 0.3 is 0 Å². The molecular formula is C12H4Br2N2S4. The highest BCUT2D eigenvalue weighted by molar-refractivity contribution is 9.11. The lowest BCUT2D eigenvalue weighted by Crippen LogP contribution is -1.69. The van der Waals surface area contributed by atoms with Crippen molar-refractivity contribution in [1.82, 2.24) is 9.97 Å². The van der Waals surface area contributed by atoms with Crippen molar-refractivity contribution in [1.29, 1.82) is 0 Å². The molecule has 0 aliphatic carbocycles. The van der Waals surface area contributed by atoms with Gasteiger partial charge in [-0.1, -0.05) is 22.7 Å². The van der Waals surface area contributed by atoms with Crippen LogP contribution in [0.3, 0.4) is 0 Å². The van der Waals surface area contributed by atoms with Crippen LogP contribution in [0.4, 0.5) is 0 Å². The van der Waals surface area contributed by atoms with Gasteiger partial charge in [0.25, 0.3) is 0 Å². The number of rotatable bonds is 2. The van der Waals surface area contributed by atoms with E-state index in [1.54, 1.807) is 45.3 Å². The molecule has 4 rings (SSSR count). The Morgan fingerprint density at radius 3 is 1.55 bits per heavy atom. The van der Waals surface area contributed by atoms with Gasteiger partial charge < -0.3 is 0 Å². The van der Waals surface area contributed by atoms with Gasteiger partial charge in [-0.15, -0.1) is 22.7 Å². The van der Waals surface area contributed by atoms with Crippen molar-refractivity contribution in [3.05, 3.63) is 30.5 Å². The highest BCUT2D eigenvalue weighted by Gasteiger charge is 2.14. The predicted molar refractivity (Wildman–Crippen MR) is 97.3 cm³/mol. The largest absolute Gasteiger partial charge is 0.223 e. The molecule has 0 amide bonds. The molecule has 0 unspecified atom stereocenters. The number of hydrogen-bond donors (Lipinski definition) is 0. The third-order valence-corrected chi connectivity index (χ3v) is 7.74. The number of hydrogen-bond acceptors (Lipinski definition) is 6. The van der Waals surface area contributed by atoms with Gasteiger partial charge in [0.05, 0.1) is 7.57 Å². The van der Waals surface area contributed by atoms with Gasteiger partial charge in [-0.25, -0.2) is 9.97 Å². The van der Waals surface area contributed by atoms with Crippen LogP contribution in [0, 0.1) is 0 Å². The van der Waals surface area contributed by atoms with Crippen LogP contribution in [0.15, 0.2) is 30.5 Å². The van der Waals surface area contributed by atoms with Crippen molar-refractivity contribution in [3.8, 4) is 21.1 Å². The van der Waals surface area contributed by atoms with E-state index < -0.39 is 0 Å². The molecule has 4 aromatic heterocycles. The fourth-order valence-electron chi connectivity index (χ4n) is 1.73. The molecule has 0 fully saturated rings. The Balaban J connectivity index is 1.77. The van der Waals surface area contributed by atoms with Crippen LogP contribution < -0.4 is 0 Å². The Morgan fingerprint density at radius 1 is 0.750 bits per heavy atom. The minimum Gasteiger partial charge on any atom is -0.223 e. The number of thiazole rings is 2. The fourth-order valence-corrected chi connectivity index (χ4v) is 6.18. The molecule has 4 aromatic rings. The molecular weight excluding hydrogens is 460 g/mol. The summed E-state index contributed by atoms with van der Waals surface area (Å²) in [5.74, 6) is 0. The molecule has 0 bridgehead atoms. The lowest BCUT2D eigenvalue weighted by Gasteiger charge is -1.88. The molecule has 0 N–H and O–H groups in total. The molecule has 0 aliphatic heterocycles. The van der Waals surface area contributed by atoms with Crippen LogP contribution in [0.1, 0.15) is 0 Å². The van der Waals surface area contributed by atoms with Gasteiger partial charge in [0, 0.05) is 21.9 Å². The topological polar surface area (TPSA) is 25.8 Å². The summed E-state index contributed by atoms with van der Waals surface area (Å²) in [6, 6.07) is 4.20. The maximum Gasteiger partial charge on any atom is 0.155 e. The summed E-state index contributed by atoms with van der Waals surface area (Å²) in [5, 5.41) is 6.31. The number of thiophene rings is 2. The average Bonchev–Trinajstić information content (AvgIpc) is 3.09. The van der Waals surface area contributed by atoms with Crippen molar-refractivity contribution in [2.75, 3.05) is 0 Å². The normalized spacial score (nSPS) is 11.5. The van der Waals surface area contributed by atoms with E-state index >= 15 is 0 Å². The molecule has 2 nitrogen and oxygen atoms in total. The molecule has 0 atom stereocenters. The summed E-state index contributed by atoms with van der Waals surface area (Å²) < 4.78 is 2.26. The Labute approximate surface area is 147 Å². The molecule has 100 valence electrons. The van der Waals surface area contributed by atoms with Crippen LogP contribution >= 0.6 is 77.2 Å². The van der Waals surface area contributed by atoms with E-state index in [1.807, 2.05) is 0 Å². The van der Waals surface area contributed by atoms with E-state index in [4.69, 9.17) is 9.97 Å². The number of halogens is 2. The van der Waals surface area contributed by atoms with E-state index in [0.717, 1.165) is 38.4 Å². The van der Waals surface area contributed by atoms with Crippen molar-refractivity contribution < 1.29 is 0 Å². The molecule has 20 heavy (non-hydrogen) atoms. The quantitative estimate of drug-likeness (QED) is 0.329. The van der Waals surface area contributed by atoms with Gasteiger partial charge in [0.1, 0.15) is 10.0 Å². The summed E-state index contributed by atoms with van der Waals surface area (Å²) >= 11 is 13.6. The fraction of sp³-hybridized carbons (Fsp3) is 0. The minimum absolute atomic E-state index is 1.02. The molecule has 4 heterocycles. The second-order valence-corrected chi connectivity index (χ2v) is 10.5. The van der Waals surface area contributed by atoms with Crippen molar-refractivity contribution in [2.24, 2.45) is 0 Å². The van der Waals surface area contributed by atoms with Crippen LogP contribution in [-0.2, 0) is 0 Å². The highest BCUT2D eigenvalue weighted by atomic mass is 79.9. The summed E-state index contributed by atoms with van der Waals surface area (Å²) in [7, 11) is 0. The van der Waals surface area contributed by atoms with E-state index in [2.05, 4.69) is 54.8 Å². The first kappa shape index (κ1) is 13.5. The third-order valence-electron chi connectivity index (χ3n) is 2.60. The van der Waals surface area contributed by atoms with Crippen molar-refractivity contribution in [2.45, 2.75) is 0 Å². The first-order chi connectivity index (χ1) is 9.69. The van der Waals surface area contributed by atoms with Crippen LogP contribution in [0.2, 0.25) is 0 Å². The maximum atomic E-state index is 4.70. The SMILES string of the molecule is Brc1cc(-c2nc3sc(-c4csc(Br)c4)nc3s2)cs1. The van der Waals surface area contributed by atoms with Crippen molar-refractivity contribution >= 4 is 86.9 Å². The summed E-state index contributed by atoms with van der Waals surface area (Å²) in [5.41, 5.74) is 2.33. The van der Waals surface area contributed by atoms with Gasteiger partial charge in [0.15, 0.2) is 9.66 Å². The van der Waals surface area contributed by atoms with Gasteiger partial charge in [-0.05, 0) is 44.0 Å². The van der Waals surface area contributed by atoms with Gasteiger partial charge in [0.2, 0.25) is 0 Å². The minimum atomic E-state index is 1.02. The summed E-state index contributed by atoms with van der Waals surface area (Å²) in [4.78, 5) is 11.4. The molecule has 0 saturated heterocycles. The smallest absolute Gasteiger partial charge is 0.155 e. The molecule has 0 aliphatic rings. The first-order valence-corrected chi connectivity index (χ1v) is 10.4. The van der Waals surface area contributed by atoms with E-state index in [-0.39, 0.29) is 0 Å². The summed E-state index contributed by atoms with van der Waals surface area (Å²) in [6.07, 6.45) is 0. The van der Waals surface area contributed by atoms with Crippen LogP contribution in [-0.4, -0.2) is 9.97 Å². The number of aromatic nitrogens is 2. The number of fused-ring (bicyclic) bond motifs is 1. The van der Waals surface area contributed by atoms with Gasteiger partial charge in [-0.3, -0.25) is 0 Å². The highest BCUT2D eigenvalue weighted by Crippen LogP contribution is 2.39. The first-order valence-electron chi connectivity index (χ1n) is 5.45. The van der Waals surface area contributed by atoms with Crippen molar-refractivity contribution in [3.63, 3.8) is 0 Å². The summed E-state index contributed by atoms with van der Waals surface area (Å²) in [6.45, 7) is 0. The third kappa shape index (κ3) is 2.42. The molecule has 0 spiro atoms. The zero-order valence-corrected chi connectivity index (χ0v) is 16.0. The molecule has 8 heteroatoms. The average molecular weight is 464 g/mol. The maximum absolute atomic E-state index is 4.70. The monoisotopic (exact) mass is 462 g/mol. The molecule has 0 aromatic carbocycles. The predicted octanol–water partition coefficient (Wildman–Crippen LogP) is 6.73. The second kappa shape index (κ2) is 5.26. The molecule has 0 saturated carbocycles.